The molecule has 0 atom stereocenters. The molecule has 0 N–H and O–H groups in total. The number of rotatable bonds is 6. The van der Waals surface area contributed by atoms with Gasteiger partial charge in [0, 0.05) is 44.5 Å². The molecule has 4 heterocycles. The number of aromatic nitrogens is 5. The Labute approximate surface area is 167 Å². The summed E-state index contributed by atoms with van der Waals surface area (Å²) in [4.78, 5) is 13.5. The Kier molecular flexibility index (Phi) is 4.86. The molecule has 10 nitrogen and oxygen atoms in total. The van der Waals surface area contributed by atoms with Crippen LogP contribution in [0.5, 0.6) is 11.5 Å². The minimum absolute atomic E-state index is 0.313. The first-order valence-electron chi connectivity index (χ1n) is 9.86. The van der Waals surface area contributed by atoms with Crippen LogP contribution < -0.4 is 14.3 Å². The second kappa shape index (κ2) is 7.80. The number of piperazine rings is 1. The number of nitrogens with zero attached hydrogens (tertiary/aromatic N) is 7. The van der Waals surface area contributed by atoms with E-state index in [1.54, 1.807) is 10.9 Å². The van der Waals surface area contributed by atoms with Crippen LogP contribution in [-0.2, 0) is 13.1 Å². The number of ether oxygens (including phenoxy) is 2. The van der Waals surface area contributed by atoms with Crippen molar-refractivity contribution in [2.45, 2.75) is 19.5 Å². The zero-order chi connectivity index (χ0) is 19.6. The second-order valence-electron chi connectivity index (χ2n) is 7.38. The van der Waals surface area contributed by atoms with Gasteiger partial charge in [-0.15, -0.1) is 4.85 Å². The summed E-state index contributed by atoms with van der Waals surface area (Å²) in [6, 6.07) is 6.18. The highest BCUT2D eigenvalue weighted by Crippen LogP contribution is 2.32. The van der Waals surface area contributed by atoms with E-state index in [2.05, 4.69) is 37.1 Å². The molecule has 5 rings (SSSR count). The molecular formula is C19H23N7O3. The molecule has 2 aromatic heterocycles. The molecule has 0 aliphatic carbocycles. The van der Waals surface area contributed by atoms with Crippen LogP contribution in [0.2, 0.25) is 0 Å². The highest BCUT2D eigenvalue weighted by molar-refractivity contribution is 5.64. The molecular weight excluding hydrogens is 374 g/mol. The summed E-state index contributed by atoms with van der Waals surface area (Å²) < 4.78 is 12.5. The van der Waals surface area contributed by atoms with Gasteiger partial charge in [-0.3, -0.25) is 4.90 Å². The third kappa shape index (κ3) is 3.81. The molecule has 1 fully saturated rings. The molecule has 0 amide bonds. The maximum atomic E-state index is 11.8. The minimum Gasteiger partial charge on any atom is -0.721 e. The average Bonchev–Trinajstić information content (AvgIpc) is 3.34. The van der Waals surface area contributed by atoms with Crippen LogP contribution in [0.25, 0.3) is 11.2 Å². The molecule has 3 aromatic rings. The van der Waals surface area contributed by atoms with Crippen molar-refractivity contribution in [3.8, 4) is 11.5 Å². The van der Waals surface area contributed by atoms with E-state index in [0.29, 0.717) is 29.3 Å². The molecule has 0 radical (unpaired) electrons. The van der Waals surface area contributed by atoms with Crippen LogP contribution in [0.1, 0.15) is 12.0 Å². The molecule has 2 aliphatic rings. The standard InChI is InChI=1S/C19H23N7O3/c27-26-19-16(11-20-13-21-19)25(22-26)5-1-4-23-6-8-24(9-7-23)12-15-2-3-17-18(10-15)29-14-28-17/h2-3,10-11,13H,1,4-9,12,14H2. The lowest BCUT2D eigenvalue weighted by molar-refractivity contribution is -0.648. The molecule has 10 heteroatoms. The number of aryl methyl sites for hydroxylation is 1. The second-order valence-corrected chi connectivity index (χ2v) is 7.38. The summed E-state index contributed by atoms with van der Waals surface area (Å²) in [5.41, 5.74) is 2.24. The van der Waals surface area contributed by atoms with Gasteiger partial charge in [-0.2, -0.15) is 4.68 Å². The zero-order valence-electron chi connectivity index (χ0n) is 16.1. The first-order valence-corrected chi connectivity index (χ1v) is 9.86. The van der Waals surface area contributed by atoms with Crippen molar-refractivity contribution in [1.82, 2.24) is 29.7 Å². The lowest BCUT2D eigenvalue weighted by atomic mass is 10.1. The van der Waals surface area contributed by atoms with Gasteiger partial charge in [-0.1, -0.05) is 11.1 Å². The molecule has 0 saturated carbocycles. The van der Waals surface area contributed by atoms with E-state index >= 15 is 0 Å². The normalized spacial score (nSPS) is 17.2. The molecule has 2 aliphatic heterocycles. The number of fused-ring (bicyclic) bond motifs is 2. The van der Waals surface area contributed by atoms with Gasteiger partial charge in [0.1, 0.15) is 0 Å². The fourth-order valence-electron chi connectivity index (χ4n) is 3.91. The Balaban J connectivity index is 1.09. The van der Waals surface area contributed by atoms with Gasteiger partial charge in [0.05, 0.1) is 12.7 Å². The lowest BCUT2D eigenvalue weighted by Gasteiger charge is -2.34. The van der Waals surface area contributed by atoms with Gasteiger partial charge >= 0.3 is 5.65 Å². The van der Waals surface area contributed by atoms with Crippen LogP contribution in [0.15, 0.2) is 30.7 Å². The summed E-state index contributed by atoms with van der Waals surface area (Å²) in [5, 5.41) is 15.8. The van der Waals surface area contributed by atoms with E-state index in [9.17, 15) is 5.21 Å². The molecule has 0 unspecified atom stereocenters. The Morgan fingerprint density at radius 1 is 1.03 bits per heavy atom. The first kappa shape index (κ1) is 18.1. The van der Waals surface area contributed by atoms with Crippen molar-refractivity contribution < 1.29 is 14.3 Å². The van der Waals surface area contributed by atoms with E-state index in [1.807, 2.05) is 6.07 Å². The molecule has 1 saturated heterocycles. The maximum absolute atomic E-state index is 11.8. The van der Waals surface area contributed by atoms with Gasteiger partial charge in [0.2, 0.25) is 12.3 Å². The van der Waals surface area contributed by atoms with Crippen LogP contribution in [0.4, 0.5) is 0 Å². The monoisotopic (exact) mass is 397 g/mol. The summed E-state index contributed by atoms with van der Waals surface area (Å²) in [6.45, 7) is 7.04. The fourth-order valence-corrected chi connectivity index (χ4v) is 3.91. The lowest BCUT2D eigenvalue weighted by Crippen LogP contribution is -2.46. The summed E-state index contributed by atoms with van der Waals surface area (Å²) in [6.07, 6.45) is 3.93. The van der Waals surface area contributed by atoms with E-state index in [4.69, 9.17) is 9.47 Å². The van der Waals surface area contributed by atoms with Crippen LogP contribution >= 0.6 is 0 Å². The van der Waals surface area contributed by atoms with Crippen molar-refractivity contribution in [2.75, 3.05) is 39.5 Å². The third-order valence-electron chi connectivity index (χ3n) is 5.47. The molecule has 29 heavy (non-hydrogen) atoms. The molecule has 1 aromatic carbocycles. The van der Waals surface area contributed by atoms with Gasteiger partial charge in [0.15, 0.2) is 17.8 Å². The van der Waals surface area contributed by atoms with E-state index in [-0.39, 0.29) is 0 Å². The SMILES string of the molecule is [O-][n+]1nn(CCCN2CCN(Cc3ccc4c(c3)OCO4)CC2)c2cncnc21. The van der Waals surface area contributed by atoms with E-state index in [1.165, 1.54) is 11.9 Å². The van der Waals surface area contributed by atoms with Gasteiger partial charge in [-0.05, 0) is 24.1 Å². The quantitative estimate of drug-likeness (QED) is 0.436. The minimum atomic E-state index is 0.313. The van der Waals surface area contributed by atoms with Crippen LogP contribution in [0, 0.1) is 5.21 Å². The molecule has 0 bridgehead atoms. The van der Waals surface area contributed by atoms with Crippen molar-refractivity contribution in [3.63, 3.8) is 0 Å². The van der Waals surface area contributed by atoms with Crippen molar-refractivity contribution in [1.29, 1.82) is 0 Å². The van der Waals surface area contributed by atoms with Crippen LogP contribution in [0.3, 0.4) is 0 Å². The van der Waals surface area contributed by atoms with Gasteiger partial charge < -0.3 is 19.6 Å². The topological polar surface area (TPSA) is 95.5 Å². The Bertz CT molecular complexity index is 1000. The fraction of sp³-hybridized carbons (Fsp3) is 0.474. The predicted molar refractivity (Wildman–Crippen MR) is 103 cm³/mol. The van der Waals surface area contributed by atoms with Crippen molar-refractivity contribution in [3.05, 3.63) is 41.5 Å². The number of hydrogen-bond donors (Lipinski definition) is 0. The highest BCUT2D eigenvalue weighted by Gasteiger charge is 2.20. The Morgan fingerprint density at radius 3 is 2.76 bits per heavy atom. The van der Waals surface area contributed by atoms with E-state index in [0.717, 1.165) is 57.2 Å². The third-order valence-corrected chi connectivity index (χ3v) is 5.47. The maximum Gasteiger partial charge on any atom is 0.327 e. The summed E-state index contributed by atoms with van der Waals surface area (Å²) in [7, 11) is 0. The summed E-state index contributed by atoms with van der Waals surface area (Å²) in [5.74, 6) is 1.68. The highest BCUT2D eigenvalue weighted by atomic mass is 16.7. The Hall–Kier alpha value is -2.98. The van der Waals surface area contributed by atoms with Crippen LogP contribution in [-0.4, -0.2) is 69.2 Å². The van der Waals surface area contributed by atoms with Crippen molar-refractivity contribution in [2.24, 2.45) is 0 Å². The molecule has 0 spiro atoms. The number of hydrogen-bond acceptors (Lipinski definition) is 8. The molecule has 152 valence electrons. The van der Waals surface area contributed by atoms with E-state index < -0.39 is 0 Å². The summed E-state index contributed by atoms with van der Waals surface area (Å²) >= 11 is 0. The van der Waals surface area contributed by atoms with Gasteiger partial charge in [0.25, 0.3) is 0 Å². The smallest absolute Gasteiger partial charge is 0.327 e. The average molecular weight is 397 g/mol. The zero-order valence-corrected chi connectivity index (χ0v) is 16.1. The largest absolute Gasteiger partial charge is 0.721 e. The van der Waals surface area contributed by atoms with Gasteiger partial charge in [-0.25, -0.2) is 4.98 Å². The Morgan fingerprint density at radius 2 is 1.86 bits per heavy atom. The van der Waals surface area contributed by atoms with Crippen molar-refractivity contribution >= 4 is 11.2 Å². The predicted octanol–water partition coefficient (Wildman–Crippen LogP) is 0.396. The number of benzene rings is 1. The first-order chi connectivity index (χ1) is 14.3.